The third-order valence-corrected chi connectivity index (χ3v) is 11.5. The van der Waals surface area contributed by atoms with Crippen molar-refractivity contribution >= 4 is 32.9 Å². The Balaban J connectivity index is 1.54. The lowest BCUT2D eigenvalue weighted by atomic mass is 9.74. The van der Waals surface area contributed by atoms with Crippen molar-refractivity contribution in [2.45, 2.75) is 57.8 Å². The number of aliphatic carboxylic acids is 1. The molecule has 0 aliphatic carbocycles. The predicted octanol–water partition coefficient (Wildman–Crippen LogP) is 6.96. The molecule has 4 bridgehead atoms. The fraction of sp³-hybridized carbons (Fsp3) is 0.351. The summed E-state index contributed by atoms with van der Waals surface area (Å²) in [5.41, 5.74) is 0.239. The second-order valence-corrected chi connectivity index (χ2v) is 16.1. The van der Waals surface area contributed by atoms with Gasteiger partial charge in [0.25, 0.3) is 0 Å². The molecule has 0 spiro atoms. The number of carbonyl (C=O) groups is 1. The van der Waals surface area contributed by atoms with Crippen LogP contribution in [0.3, 0.4) is 0 Å². The van der Waals surface area contributed by atoms with Crippen LogP contribution in [0.25, 0.3) is 22.3 Å². The summed E-state index contributed by atoms with van der Waals surface area (Å²) in [7, 11) is -2.07. The maximum absolute atomic E-state index is 15.7. The van der Waals surface area contributed by atoms with E-state index >= 15 is 8.78 Å². The molecule has 11 nitrogen and oxygen atoms in total. The average Bonchev–Trinajstić information content (AvgIpc) is 3.69. The molecule has 14 heteroatoms. The van der Waals surface area contributed by atoms with Gasteiger partial charge in [-0.25, -0.2) is 26.9 Å². The molecule has 0 saturated carbocycles. The van der Waals surface area contributed by atoms with E-state index in [2.05, 4.69) is 10.1 Å². The molecule has 1 aliphatic rings. The number of aromatic nitrogens is 4. The van der Waals surface area contributed by atoms with Crippen molar-refractivity contribution in [3.63, 3.8) is 0 Å². The van der Waals surface area contributed by atoms with Crippen LogP contribution in [0.4, 0.5) is 8.78 Å². The zero-order valence-corrected chi connectivity index (χ0v) is 29.3. The zero-order chi connectivity index (χ0) is 36.6. The van der Waals surface area contributed by atoms with E-state index in [9.17, 15) is 23.5 Å². The van der Waals surface area contributed by atoms with Crippen LogP contribution in [0, 0.1) is 17.0 Å². The van der Waals surface area contributed by atoms with Crippen LogP contribution in [-0.4, -0.2) is 62.2 Å². The summed E-state index contributed by atoms with van der Waals surface area (Å²) in [6.07, 6.45) is 4.24. The van der Waals surface area contributed by atoms with Crippen molar-refractivity contribution in [3.8, 4) is 22.9 Å². The molecule has 268 valence electrons. The van der Waals surface area contributed by atoms with Gasteiger partial charge in [-0.05, 0) is 66.5 Å². The SMILES string of the molecule is Cn1nc2nc1-c1cc(ccc1F)Oc1c(F)cc3[nH]ccc3c1CCS(=O)(=O)CC(C)(C)CCCC2(/C=N/O)c1cccc(CCC(=O)O)c1. The summed E-state index contributed by atoms with van der Waals surface area (Å²) in [6.45, 7) is 3.73. The number of benzene rings is 3. The number of nitrogens with zero attached hydrogens (tertiary/aromatic N) is 4. The fourth-order valence-electron chi connectivity index (χ4n) is 7.03. The Morgan fingerprint density at radius 2 is 1.92 bits per heavy atom. The van der Waals surface area contributed by atoms with Crippen molar-refractivity contribution in [2.75, 3.05) is 11.5 Å². The van der Waals surface area contributed by atoms with Gasteiger partial charge >= 0.3 is 5.97 Å². The first-order valence-electron chi connectivity index (χ1n) is 16.6. The largest absolute Gasteiger partial charge is 0.481 e. The minimum absolute atomic E-state index is 0.00769. The summed E-state index contributed by atoms with van der Waals surface area (Å²) < 4.78 is 66.1. The first-order chi connectivity index (χ1) is 24.2. The van der Waals surface area contributed by atoms with Gasteiger partial charge in [0, 0.05) is 42.2 Å². The van der Waals surface area contributed by atoms with Gasteiger partial charge in [-0.15, -0.1) is 5.16 Å². The monoisotopic (exact) mass is 719 g/mol. The van der Waals surface area contributed by atoms with Gasteiger partial charge in [-0.1, -0.05) is 44.5 Å². The Labute approximate surface area is 293 Å². The number of hydrogen-bond acceptors (Lipinski definition) is 8. The molecule has 51 heavy (non-hydrogen) atoms. The number of hydrogen-bond donors (Lipinski definition) is 3. The maximum atomic E-state index is 15.7. The van der Waals surface area contributed by atoms with E-state index in [1.807, 2.05) is 19.9 Å². The molecule has 0 fully saturated rings. The molecular weight excluding hydrogens is 680 g/mol. The highest BCUT2D eigenvalue weighted by atomic mass is 32.2. The number of rotatable bonds is 5. The van der Waals surface area contributed by atoms with Crippen LogP contribution in [0.5, 0.6) is 11.5 Å². The maximum Gasteiger partial charge on any atom is 0.303 e. The number of nitrogens with one attached hydrogen (secondary N) is 1. The molecule has 0 amide bonds. The number of sulfone groups is 1. The minimum Gasteiger partial charge on any atom is -0.481 e. The zero-order valence-electron chi connectivity index (χ0n) is 28.5. The molecule has 1 unspecified atom stereocenters. The van der Waals surface area contributed by atoms with Gasteiger partial charge in [0.1, 0.15) is 11.6 Å². The first-order valence-corrected chi connectivity index (χ1v) is 18.4. The lowest BCUT2D eigenvalue weighted by molar-refractivity contribution is -0.136. The van der Waals surface area contributed by atoms with Gasteiger partial charge in [0.15, 0.2) is 33.1 Å². The second kappa shape index (κ2) is 13.9. The first kappa shape index (κ1) is 35.7. The Hall–Kier alpha value is -5.11. The lowest BCUT2D eigenvalue weighted by Gasteiger charge is -2.30. The summed E-state index contributed by atoms with van der Waals surface area (Å²) in [6, 6.07) is 14.1. The summed E-state index contributed by atoms with van der Waals surface area (Å²) >= 11 is 0. The highest BCUT2D eigenvalue weighted by molar-refractivity contribution is 7.91. The van der Waals surface area contributed by atoms with Crippen molar-refractivity contribution < 1.29 is 37.0 Å². The van der Waals surface area contributed by atoms with Crippen LogP contribution in [-0.2, 0) is 39.9 Å². The van der Waals surface area contributed by atoms with E-state index in [4.69, 9.17) is 14.8 Å². The number of fused-ring (bicyclic) bond motifs is 8. The third kappa shape index (κ3) is 7.51. The number of ether oxygens (including phenoxy) is 1. The molecule has 2 aromatic heterocycles. The molecule has 5 aromatic rings. The summed E-state index contributed by atoms with van der Waals surface area (Å²) in [5.74, 6) is -2.47. The van der Waals surface area contributed by atoms with Gasteiger partial charge in [-0.3, -0.25) is 4.79 Å². The third-order valence-electron chi connectivity index (χ3n) is 9.47. The number of carboxylic acid groups (broad SMARTS) is 1. The topological polar surface area (TPSA) is 160 Å². The Morgan fingerprint density at radius 3 is 2.69 bits per heavy atom. The molecule has 1 aliphatic heterocycles. The van der Waals surface area contributed by atoms with E-state index in [-0.39, 0.29) is 65.9 Å². The standard InChI is InChI=1S/C37H39F2N5O6S/c1-36(2)14-5-15-37(21-41-47,24-7-4-6-23(18-24)8-11-32(45)46)35-42-34(44(3)43-35)28-19-25(9-10-29(28)38)50-33-27(13-17-51(48,49)22-36)26-12-16-40-31(26)20-30(33)39/h4,6-7,9-10,12,16,18-21,40,47H,5,8,11,13-15,17,22H2,1-3H3,(H,45,46)/b41-21+. The number of oxime groups is 1. The second-order valence-electron chi connectivity index (χ2n) is 13.9. The molecule has 3 N–H and O–H groups in total. The number of H-pyrrole nitrogens is 1. The molecule has 0 saturated heterocycles. The number of halogens is 2. The quantitative estimate of drug-likeness (QED) is 0.0998. The summed E-state index contributed by atoms with van der Waals surface area (Å²) in [4.78, 5) is 19.1. The van der Waals surface area contributed by atoms with E-state index in [1.54, 1.807) is 37.5 Å². The Bertz CT molecular complexity index is 2250. The molecule has 1 atom stereocenters. The number of aromatic amines is 1. The normalized spacial score (nSPS) is 19.2. The minimum atomic E-state index is -3.67. The van der Waals surface area contributed by atoms with Crippen LogP contribution in [0.15, 0.2) is 65.9 Å². The molecular formula is C37H39F2N5O6S. The smallest absolute Gasteiger partial charge is 0.303 e. The highest BCUT2D eigenvalue weighted by Crippen LogP contribution is 2.40. The van der Waals surface area contributed by atoms with Crippen LogP contribution >= 0.6 is 0 Å². The van der Waals surface area contributed by atoms with Crippen LogP contribution < -0.4 is 4.74 Å². The predicted molar refractivity (Wildman–Crippen MR) is 188 cm³/mol. The number of aryl methyl sites for hydroxylation is 3. The van der Waals surface area contributed by atoms with Crippen molar-refractivity contribution in [3.05, 3.63) is 94.9 Å². The van der Waals surface area contributed by atoms with E-state index in [0.29, 0.717) is 34.9 Å². The van der Waals surface area contributed by atoms with Gasteiger partial charge in [0.05, 0.1) is 28.7 Å². The van der Waals surface area contributed by atoms with E-state index in [0.717, 1.165) is 5.56 Å². The van der Waals surface area contributed by atoms with Gasteiger partial charge in [0.2, 0.25) is 0 Å². The molecule has 3 heterocycles. The van der Waals surface area contributed by atoms with Gasteiger partial charge < -0.3 is 20.0 Å². The van der Waals surface area contributed by atoms with E-state index in [1.165, 1.54) is 35.2 Å². The number of carboxylic acids is 1. The molecule has 0 radical (unpaired) electrons. The molecule has 3 aromatic carbocycles. The Kier molecular flexibility index (Phi) is 9.73. The molecule has 6 rings (SSSR count). The van der Waals surface area contributed by atoms with E-state index < -0.39 is 38.3 Å². The highest BCUT2D eigenvalue weighted by Gasteiger charge is 2.39. The van der Waals surface area contributed by atoms with Gasteiger partial charge in [-0.2, -0.15) is 5.10 Å². The lowest BCUT2D eigenvalue weighted by Crippen LogP contribution is -2.33. The van der Waals surface area contributed by atoms with Crippen molar-refractivity contribution in [2.24, 2.45) is 17.6 Å². The van der Waals surface area contributed by atoms with Crippen molar-refractivity contribution in [1.29, 1.82) is 0 Å². The van der Waals surface area contributed by atoms with Crippen LogP contribution in [0.1, 0.15) is 62.0 Å². The van der Waals surface area contributed by atoms with Crippen LogP contribution in [0.2, 0.25) is 0 Å². The van der Waals surface area contributed by atoms with Crippen molar-refractivity contribution in [1.82, 2.24) is 19.7 Å². The fourth-order valence-corrected chi connectivity index (χ4v) is 9.02. The Morgan fingerprint density at radius 1 is 1.12 bits per heavy atom. The summed E-state index contributed by atoms with van der Waals surface area (Å²) in [5, 5.41) is 28.1. The average molecular weight is 720 g/mol.